The molecule has 3 heteroatoms. The predicted molar refractivity (Wildman–Crippen MR) is 79.5 cm³/mol. The highest BCUT2D eigenvalue weighted by atomic mass is 35.5. The lowest BCUT2D eigenvalue weighted by Gasteiger charge is -2.29. The number of hydrogen-bond donors (Lipinski definition) is 2. The molecule has 19 heavy (non-hydrogen) atoms. The van der Waals surface area contributed by atoms with E-state index < -0.39 is 0 Å². The van der Waals surface area contributed by atoms with Crippen LogP contribution >= 0.6 is 11.6 Å². The largest absolute Gasteiger partial charge is 0.357 e. The van der Waals surface area contributed by atoms with E-state index in [1.54, 1.807) is 0 Å². The molecule has 0 saturated heterocycles. The first-order valence-corrected chi connectivity index (χ1v) is 6.75. The Kier molecular flexibility index (Phi) is 3.53. The van der Waals surface area contributed by atoms with Gasteiger partial charge in [0.15, 0.2) is 5.62 Å². The second kappa shape index (κ2) is 5.47. The van der Waals surface area contributed by atoms with E-state index in [9.17, 15) is 0 Å². The molecule has 0 fully saturated rings. The maximum atomic E-state index is 6.24. The van der Waals surface area contributed by atoms with Crippen molar-refractivity contribution in [1.29, 1.82) is 0 Å². The molecule has 0 aliphatic carbocycles. The zero-order valence-corrected chi connectivity index (χ0v) is 11.1. The zero-order valence-electron chi connectivity index (χ0n) is 10.4. The Bertz CT molecular complexity index is 566. The Morgan fingerprint density at radius 2 is 1.47 bits per heavy atom. The van der Waals surface area contributed by atoms with E-state index in [1.807, 2.05) is 36.4 Å². The van der Waals surface area contributed by atoms with Crippen LogP contribution in [0.25, 0.3) is 5.70 Å². The Morgan fingerprint density at radius 1 is 0.842 bits per heavy atom. The molecule has 2 unspecified atom stereocenters. The third-order valence-corrected chi connectivity index (χ3v) is 3.42. The second-order valence-electron chi connectivity index (χ2n) is 4.51. The van der Waals surface area contributed by atoms with Crippen LogP contribution < -0.4 is 10.6 Å². The molecule has 0 aromatic heterocycles. The van der Waals surface area contributed by atoms with Gasteiger partial charge in [0.05, 0.1) is 6.04 Å². The van der Waals surface area contributed by atoms with Gasteiger partial charge >= 0.3 is 0 Å². The number of nitrogens with one attached hydrogen (secondary N) is 2. The molecule has 2 aromatic carbocycles. The fraction of sp³-hybridized carbons (Fsp3) is 0.125. The highest BCUT2D eigenvalue weighted by Gasteiger charge is 2.20. The van der Waals surface area contributed by atoms with E-state index in [4.69, 9.17) is 11.6 Å². The van der Waals surface area contributed by atoms with Crippen LogP contribution in [0.15, 0.2) is 66.7 Å². The number of benzene rings is 2. The summed E-state index contributed by atoms with van der Waals surface area (Å²) in [6.07, 6.45) is 2.17. The number of rotatable bonds is 2. The van der Waals surface area contributed by atoms with Gasteiger partial charge in [-0.15, -0.1) is 0 Å². The lowest BCUT2D eigenvalue weighted by molar-refractivity contribution is 0.532. The van der Waals surface area contributed by atoms with E-state index >= 15 is 0 Å². The summed E-state index contributed by atoms with van der Waals surface area (Å²) < 4.78 is 0. The fourth-order valence-electron chi connectivity index (χ4n) is 2.25. The predicted octanol–water partition coefficient (Wildman–Crippen LogP) is 3.48. The van der Waals surface area contributed by atoms with Crippen molar-refractivity contribution >= 4 is 17.3 Å². The molecular weight excluding hydrogens is 256 g/mol. The van der Waals surface area contributed by atoms with E-state index in [2.05, 4.69) is 41.0 Å². The molecule has 0 saturated carbocycles. The molecular formula is C16H15ClN2. The first-order chi connectivity index (χ1) is 9.33. The van der Waals surface area contributed by atoms with Gasteiger partial charge in [-0.2, -0.15) is 0 Å². The first-order valence-electron chi connectivity index (χ1n) is 6.32. The van der Waals surface area contributed by atoms with E-state index in [0.29, 0.717) is 0 Å². The van der Waals surface area contributed by atoms with Gasteiger partial charge in [-0.3, -0.25) is 5.32 Å². The zero-order chi connectivity index (χ0) is 13.1. The summed E-state index contributed by atoms with van der Waals surface area (Å²) in [5.41, 5.74) is 3.15. The van der Waals surface area contributed by atoms with Crippen LogP contribution in [0.2, 0.25) is 0 Å². The van der Waals surface area contributed by atoms with Crippen LogP contribution in [0.1, 0.15) is 17.2 Å². The SMILES string of the molecule is ClC1NC(c2ccccc2)=CC(c2ccccc2)N1. The van der Waals surface area contributed by atoms with Gasteiger partial charge in [-0.1, -0.05) is 72.3 Å². The van der Waals surface area contributed by atoms with Crippen LogP contribution in [0.4, 0.5) is 0 Å². The molecule has 2 atom stereocenters. The average molecular weight is 271 g/mol. The minimum atomic E-state index is -0.273. The maximum absolute atomic E-state index is 6.24. The van der Waals surface area contributed by atoms with Crippen molar-refractivity contribution in [2.24, 2.45) is 0 Å². The minimum Gasteiger partial charge on any atom is -0.357 e. The Hall–Kier alpha value is -1.77. The first kappa shape index (κ1) is 12.3. The molecule has 2 nitrogen and oxygen atoms in total. The van der Waals surface area contributed by atoms with Gasteiger partial charge in [0.2, 0.25) is 0 Å². The number of hydrogen-bond acceptors (Lipinski definition) is 2. The standard InChI is InChI=1S/C16H15ClN2/c17-16-18-14(12-7-3-1-4-8-12)11-15(19-16)13-9-5-2-6-10-13/h1-11,14,16,18-19H. The molecule has 1 aliphatic rings. The summed E-state index contributed by atoms with van der Waals surface area (Å²) >= 11 is 6.24. The third-order valence-electron chi connectivity index (χ3n) is 3.18. The van der Waals surface area contributed by atoms with Crippen LogP contribution in [-0.4, -0.2) is 5.62 Å². The van der Waals surface area contributed by atoms with Crippen molar-refractivity contribution in [2.45, 2.75) is 11.7 Å². The molecule has 2 aromatic rings. The summed E-state index contributed by atoms with van der Waals surface area (Å²) in [4.78, 5) is 0. The Balaban J connectivity index is 1.95. The van der Waals surface area contributed by atoms with Gasteiger partial charge in [-0.05, 0) is 17.2 Å². The van der Waals surface area contributed by atoms with Crippen molar-refractivity contribution in [3.05, 3.63) is 77.9 Å². The quantitative estimate of drug-likeness (QED) is 0.645. The summed E-state index contributed by atoms with van der Waals surface area (Å²) in [6, 6.07) is 20.7. The number of halogens is 1. The molecule has 0 spiro atoms. The van der Waals surface area contributed by atoms with Crippen LogP contribution in [-0.2, 0) is 0 Å². The van der Waals surface area contributed by atoms with Crippen molar-refractivity contribution in [3.8, 4) is 0 Å². The Morgan fingerprint density at radius 3 is 2.16 bits per heavy atom. The molecule has 0 amide bonds. The molecule has 1 aliphatic heterocycles. The highest BCUT2D eigenvalue weighted by molar-refractivity contribution is 6.20. The van der Waals surface area contributed by atoms with Crippen LogP contribution in [0.5, 0.6) is 0 Å². The van der Waals surface area contributed by atoms with E-state index in [1.165, 1.54) is 5.56 Å². The summed E-state index contributed by atoms with van der Waals surface area (Å²) in [5.74, 6) is 0. The van der Waals surface area contributed by atoms with Crippen molar-refractivity contribution in [3.63, 3.8) is 0 Å². The summed E-state index contributed by atoms with van der Waals surface area (Å²) in [7, 11) is 0. The van der Waals surface area contributed by atoms with E-state index in [0.717, 1.165) is 11.3 Å². The third kappa shape index (κ3) is 2.80. The topological polar surface area (TPSA) is 24.1 Å². The van der Waals surface area contributed by atoms with Crippen LogP contribution in [0, 0.1) is 0 Å². The normalized spacial score (nSPS) is 22.5. The average Bonchev–Trinajstić information content (AvgIpc) is 2.48. The van der Waals surface area contributed by atoms with Crippen LogP contribution in [0.3, 0.4) is 0 Å². The molecule has 0 radical (unpaired) electrons. The van der Waals surface area contributed by atoms with E-state index in [-0.39, 0.29) is 11.7 Å². The van der Waals surface area contributed by atoms with Gasteiger partial charge in [-0.25, -0.2) is 0 Å². The van der Waals surface area contributed by atoms with Gasteiger partial charge in [0, 0.05) is 5.70 Å². The molecule has 2 N–H and O–H groups in total. The second-order valence-corrected chi connectivity index (χ2v) is 4.94. The summed E-state index contributed by atoms with van der Waals surface area (Å²) in [6.45, 7) is 0. The van der Waals surface area contributed by atoms with Gasteiger partial charge in [0.1, 0.15) is 0 Å². The maximum Gasteiger partial charge on any atom is 0.155 e. The monoisotopic (exact) mass is 270 g/mol. The Labute approximate surface area is 118 Å². The van der Waals surface area contributed by atoms with Crippen molar-refractivity contribution in [1.82, 2.24) is 10.6 Å². The molecule has 3 rings (SSSR count). The lowest BCUT2D eigenvalue weighted by Crippen LogP contribution is -2.42. The highest BCUT2D eigenvalue weighted by Crippen LogP contribution is 2.24. The molecule has 1 heterocycles. The smallest absolute Gasteiger partial charge is 0.155 e. The van der Waals surface area contributed by atoms with Crippen molar-refractivity contribution in [2.75, 3.05) is 0 Å². The molecule has 96 valence electrons. The van der Waals surface area contributed by atoms with Crippen molar-refractivity contribution < 1.29 is 0 Å². The molecule has 0 bridgehead atoms. The van der Waals surface area contributed by atoms with Gasteiger partial charge < -0.3 is 5.32 Å². The van der Waals surface area contributed by atoms with Gasteiger partial charge in [0.25, 0.3) is 0 Å². The number of alkyl halides is 1. The lowest BCUT2D eigenvalue weighted by atomic mass is 10.0. The summed E-state index contributed by atoms with van der Waals surface area (Å²) in [5, 5.41) is 6.56. The minimum absolute atomic E-state index is 0.125. The fourth-order valence-corrected chi connectivity index (χ4v) is 2.50.